The van der Waals surface area contributed by atoms with Gasteiger partial charge in [0.2, 0.25) is 25.9 Å². The van der Waals surface area contributed by atoms with E-state index in [1.54, 1.807) is 26.2 Å². The molecule has 1 atom stereocenters. The molecule has 0 saturated heterocycles. The summed E-state index contributed by atoms with van der Waals surface area (Å²) in [6, 6.07) is 15.7. The molecule has 0 saturated carbocycles. The first kappa shape index (κ1) is 26.7. The summed E-state index contributed by atoms with van der Waals surface area (Å²) >= 11 is 0. The molecule has 3 aromatic rings. The van der Waals surface area contributed by atoms with Crippen LogP contribution in [-0.2, 0) is 38.1 Å². The number of hydrogen-bond acceptors (Lipinski definition) is 8. The molecule has 0 amide bonds. The Morgan fingerprint density at radius 2 is 1.80 bits per heavy atom. The molecule has 2 heterocycles. The van der Waals surface area contributed by atoms with E-state index < -0.39 is 20.4 Å². The molecule has 1 aliphatic rings. The van der Waals surface area contributed by atoms with Crippen molar-refractivity contribution in [3.05, 3.63) is 65.9 Å². The van der Waals surface area contributed by atoms with E-state index in [0.717, 1.165) is 41.2 Å². The minimum absolute atomic E-state index is 0.157. The Bertz CT molecular complexity index is 1470. The van der Waals surface area contributed by atoms with Gasteiger partial charge in [0.15, 0.2) is 6.20 Å². The van der Waals surface area contributed by atoms with E-state index in [-0.39, 0.29) is 6.04 Å². The van der Waals surface area contributed by atoms with E-state index in [1.807, 2.05) is 42.7 Å². The van der Waals surface area contributed by atoms with Gasteiger partial charge >= 0.3 is 0 Å². The number of hydrazone groups is 1. The number of sulfonamides is 1. The Labute approximate surface area is 206 Å². The Morgan fingerprint density at radius 1 is 1.14 bits per heavy atom. The van der Waals surface area contributed by atoms with E-state index in [0.29, 0.717) is 4.90 Å². The standard InChI is InChI=1S/C22H25N4O2S.CH4O4S/c1-16-13-18-14-19(29(27,28)24(2)3)9-10-21(18)26(16)23-15-17-11-12-25(4)22-8-6-5-7-20(17)22;1-5-6(2,3)4/h5-12,14-16H,13H2,1-4H3;1H3,(H,2,3,4)/q+1;/p-1. The second-order valence-corrected chi connectivity index (χ2v) is 11.5. The highest BCUT2D eigenvalue weighted by Gasteiger charge is 2.28. The molecule has 0 radical (unpaired) electrons. The third kappa shape index (κ3) is 6.03. The first-order valence-corrected chi connectivity index (χ1v) is 13.4. The lowest BCUT2D eigenvalue weighted by Crippen LogP contribution is -2.28. The number of rotatable bonds is 5. The smallest absolute Gasteiger partial charge is 0.242 e. The number of aryl methyl sites for hydroxylation is 1. The largest absolute Gasteiger partial charge is 0.726 e. The second kappa shape index (κ2) is 10.4. The fourth-order valence-electron chi connectivity index (χ4n) is 3.76. The summed E-state index contributed by atoms with van der Waals surface area (Å²) in [5, 5.41) is 7.88. The van der Waals surface area contributed by atoms with Crippen LogP contribution < -0.4 is 9.58 Å². The number of fused-ring (bicyclic) bond motifs is 2. The molecular weight excluding hydrogens is 492 g/mol. The van der Waals surface area contributed by atoms with Crippen LogP contribution in [0.5, 0.6) is 0 Å². The van der Waals surface area contributed by atoms with Crippen molar-refractivity contribution in [1.29, 1.82) is 0 Å². The fourth-order valence-corrected chi connectivity index (χ4v) is 4.72. The highest BCUT2D eigenvalue weighted by atomic mass is 32.3. The maximum Gasteiger partial charge on any atom is 0.242 e. The summed E-state index contributed by atoms with van der Waals surface area (Å²) in [5.41, 5.74) is 4.15. The van der Waals surface area contributed by atoms with E-state index in [1.165, 1.54) is 4.31 Å². The van der Waals surface area contributed by atoms with Gasteiger partial charge in [-0.05, 0) is 43.2 Å². The van der Waals surface area contributed by atoms with Crippen LogP contribution in [0.1, 0.15) is 18.1 Å². The highest BCUT2D eigenvalue weighted by Crippen LogP contribution is 2.34. The molecule has 0 fully saturated rings. The van der Waals surface area contributed by atoms with Crippen molar-refractivity contribution in [2.24, 2.45) is 12.1 Å². The van der Waals surface area contributed by atoms with Gasteiger partial charge in [0, 0.05) is 31.8 Å². The van der Waals surface area contributed by atoms with Crippen LogP contribution in [0, 0.1) is 0 Å². The summed E-state index contributed by atoms with van der Waals surface area (Å²) in [6.45, 7) is 2.10. The van der Waals surface area contributed by atoms with E-state index in [4.69, 9.17) is 5.10 Å². The highest BCUT2D eigenvalue weighted by molar-refractivity contribution is 7.89. The second-order valence-electron chi connectivity index (χ2n) is 8.19. The minimum atomic E-state index is -4.41. The van der Waals surface area contributed by atoms with Crippen LogP contribution in [0.2, 0.25) is 0 Å². The van der Waals surface area contributed by atoms with Crippen LogP contribution in [-0.4, -0.2) is 59.2 Å². The van der Waals surface area contributed by atoms with Gasteiger partial charge < -0.3 is 4.55 Å². The summed E-state index contributed by atoms with van der Waals surface area (Å²) in [5.74, 6) is 0. The molecule has 35 heavy (non-hydrogen) atoms. The van der Waals surface area contributed by atoms with Gasteiger partial charge in [0.05, 0.1) is 35.3 Å². The topological polar surface area (TPSA) is 123 Å². The fraction of sp³-hybridized carbons (Fsp3) is 0.304. The van der Waals surface area contributed by atoms with E-state index in [9.17, 15) is 21.4 Å². The third-order valence-electron chi connectivity index (χ3n) is 5.61. The monoisotopic (exact) mass is 520 g/mol. The molecule has 188 valence electrons. The first-order chi connectivity index (χ1) is 16.3. The van der Waals surface area contributed by atoms with Gasteiger partial charge in [-0.2, -0.15) is 5.10 Å². The predicted molar refractivity (Wildman–Crippen MR) is 132 cm³/mol. The molecule has 0 spiro atoms. The molecule has 0 bridgehead atoms. The number of anilines is 1. The van der Waals surface area contributed by atoms with Crippen LogP contribution in [0.4, 0.5) is 5.69 Å². The average Bonchev–Trinajstić information content (AvgIpc) is 3.13. The van der Waals surface area contributed by atoms with Crippen LogP contribution in [0.25, 0.3) is 10.9 Å². The van der Waals surface area contributed by atoms with Crippen molar-refractivity contribution in [1.82, 2.24) is 4.31 Å². The van der Waals surface area contributed by atoms with Gasteiger partial charge in [-0.25, -0.2) is 25.7 Å². The van der Waals surface area contributed by atoms with E-state index in [2.05, 4.69) is 33.9 Å². The summed E-state index contributed by atoms with van der Waals surface area (Å²) in [6.07, 6.45) is 4.68. The molecule has 2 aromatic carbocycles. The van der Waals surface area contributed by atoms with Crippen molar-refractivity contribution in [2.45, 2.75) is 24.3 Å². The molecule has 10 nitrogen and oxygen atoms in total. The average molecular weight is 521 g/mol. The maximum atomic E-state index is 12.4. The lowest BCUT2D eigenvalue weighted by atomic mass is 10.1. The number of nitrogens with zero attached hydrogens (tertiary/aromatic N) is 4. The lowest BCUT2D eigenvalue weighted by molar-refractivity contribution is -0.644. The molecule has 1 aliphatic heterocycles. The zero-order valence-electron chi connectivity index (χ0n) is 20.1. The lowest BCUT2D eigenvalue weighted by Gasteiger charge is -2.19. The van der Waals surface area contributed by atoms with Crippen LogP contribution >= 0.6 is 0 Å². The van der Waals surface area contributed by atoms with Gasteiger partial charge in [-0.3, -0.25) is 9.19 Å². The van der Waals surface area contributed by atoms with E-state index >= 15 is 0 Å². The number of pyridine rings is 1. The molecule has 0 aliphatic carbocycles. The summed E-state index contributed by atoms with van der Waals surface area (Å²) in [4.78, 5) is 0.320. The zero-order chi connectivity index (χ0) is 26.0. The number of para-hydroxylation sites is 1. The number of benzene rings is 2. The maximum absolute atomic E-state index is 12.4. The SMILES string of the molecule is CC1Cc2cc(S(=O)(=O)N(C)C)ccc2N1/N=C/c1cc[n+](C)c2ccccc12.COS(=O)(=O)[O-]. The van der Waals surface area contributed by atoms with Crippen molar-refractivity contribution in [2.75, 3.05) is 26.2 Å². The van der Waals surface area contributed by atoms with Gasteiger partial charge in [0.1, 0.15) is 7.05 Å². The van der Waals surface area contributed by atoms with Crippen LogP contribution in [0.15, 0.2) is 64.7 Å². The summed E-state index contributed by atoms with van der Waals surface area (Å²) in [7, 11) is -1.92. The van der Waals surface area contributed by atoms with Gasteiger partial charge in [-0.1, -0.05) is 12.1 Å². The number of hydrogen-bond donors (Lipinski definition) is 0. The van der Waals surface area contributed by atoms with Crippen molar-refractivity contribution in [3.63, 3.8) is 0 Å². The molecule has 12 heteroatoms. The molecule has 1 unspecified atom stereocenters. The molecular formula is C23H28N4O6S2. The number of aromatic nitrogens is 1. The van der Waals surface area contributed by atoms with Crippen molar-refractivity contribution in [3.8, 4) is 0 Å². The molecule has 4 rings (SSSR count). The Hall–Kier alpha value is -2.90. The molecule has 0 N–H and O–H groups in total. The van der Waals surface area contributed by atoms with Crippen molar-refractivity contribution >= 4 is 43.2 Å². The van der Waals surface area contributed by atoms with Crippen LogP contribution in [0.3, 0.4) is 0 Å². The van der Waals surface area contributed by atoms with Gasteiger partial charge in [-0.15, -0.1) is 0 Å². The Kier molecular flexibility index (Phi) is 7.92. The quantitative estimate of drug-likeness (QED) is 0.217. The molecule has 1 aromatic heterocycles. The Balaban J connectivity index is 0.000000509. The predicted octanol–water partition coefficient (Wildman–Crippen LogP) is 1.79. The third-order valence-corrected chi connectivity index (χ3v) is 7.83. The first-order valence-electron chi connectivity index (χ1n) is 10.6. The Morgan fingerprint density at radius 3 is 2.43 bits per heavy atom. The van der Waals surface area contributed by atoms with Gasteiger partial charge in [0.25, 0.3) is 0 Å². The zero-order valence-corrected chi connectivity index (χ0v) is 21.7. The minimum Gasteiger partial charge on any atom is -0.726 e. The summed E-state index contributed by atoms with van der Waals surface area (Å²) < 4.78 is 59.2. The van der Waals surface area contributed by atoms with Crippen molar-refractivity contribution < 1.29 is 30.1 Å². The normalized spacial score (nSPS) is 16.0.